The number of likely N-dealkylation sites (tertiary alicyclic amines) is 1. The summed E-state index contributed by atoms with van der Waals surface area (Å²) in [7, 11) is 3.53. The largest absolute Gasteiger partial charge is 0.357 e. The van der Waals surface area contributed by atoms with E-state index in [1.165, 1.54) is 4.57 Å². The van der Waals surface area contributed by atoms with Gasteiger partial charge < -0.3 is 19.4 Å². The van der Waals surface area contributed by atoms with Gasteiger partial charge in [0.15, 0.2) is 0 Å². The van der Waals surface area contributed by atoms with Crippen molar-refractivity contribution in [1.29, 1.82) is 0 Å². The van der Waals surface area contributed by atoms with Gasteiger partial charge >= 0.3 is 0 Å². The molecule has 1 N–H and O–H groups in total. The van der Waals surface area contributed by atoms with Gasteiger partial charge in [-0.25, -0.2) is 0 Å². The third-order valence-electron chi connectivity index (χ3n) is 5.05. The van der Waals surface area contributed by atoms with E-state index in [2.05, 4.69) is 23.7 Å². The fourth-order valence-electron chi connectivity index (χ4n) is 3.60. The SMILES string of the molecule is CC(C)N1CCC(CN(C)C(=O)c2cn(C)c(=O)c3[nH]ccc23)C1. The van der Waals surface area contributed by atoms with Crippen LogP contribution in [0.15, 0.2) is 23.3 Å². The number of H-pyrrole nitrogens is 1. The Morgan fingerprint density at radius 1 is 1.46 bits per heavy atom. The molecule has 1 atom stereocenters. The van der Waals surface area contributed by atoms with Gasteiger partial charge in [-0.2, -0.15) is 0 Å². The van der Waals surface area contributed by atoms with Crippen LogP contribution in [0.3, 0.4) is 0 Å². The normalized spacial score (nSPS) is 18.6. The second kappa shape index (κ2) is 6.43. The number of aromatic nitrogens is 2. The highest BCUT2D eigenvalue weighted by molar-refractivity contribution is 6.05. The van der Waals surface area contributed by atoms with Crippen molar-refractivity contribution in [2.24, 2.45) is 13.0 Å². The first kappa shape index (κ1) is 16.8. The maximum absolute atomic E-state index is 12.9. The van der Waals surface area contributed by atoms with E-state index in [0.29, 0.717) is 28.4 Å². The van der Waals surface area contributed by atoms with Crippen LogP contribution in [0.2, 0.25) is 0 Å². The molecule has 1 fully saturated rings. The van der Waals surface area contributed by atoms with Gasteiger partial charge in [-0.1, -0.05) is 0 Å². The summed E-state index contributed by atoms with van der Waals surface area (Å²) >= 11 is 0. The topological polar surface area (TPSA) is 61.3 Å². The summed E-state index contributed by atoms with van der Waals surface area (Å²) < 4.78 is 1.47. The molecular weight excluding hydrogens is 304 g/mol. The number of aromatic amines is 1. The molecule has 1 unspecified atom stereocenters. The molecule has 3 heterocycles. The molecule has 0 aliphatic carbocycles. The molecular formula is C18H26N4O2. The third kappa shape index (κ3) is 2.98. The van der Waals surface area contributed by atoms with Crippen LogP contribution in [0.1, 0.15) is 30.6 Å². The molecule has 2 aromatic rings. The van der Waals surface area contributed by atoms with Crippen molar-refractivity contribution < 1.29 is 4.79 Å². The summed E-state index contributed by atoms with van der Waals surface area (Å²) in [5.41, 5.74) is 0.954. The molecule has 0 aromatic carbocycles. The average Bonchev–Trinajstić information content (AvgIpc) is 3.19. The Bertz CT molecular complexity index is 805. The van der Waals surface area contributed by atoms with Crippen LogP contribution in [-0.4, -0.2) is 58.0 Å². The zero-order chi connectivity index (χ0) is 17.4. The van der Waals surface area contributed by atoms with Crippen molar-refractivity contribution in [2.45, 2.75) is 26.3 Å². The lowest BCUT2D eigenvalue weighted by Gasteiger charge is -2.23. The second-order valence-corrected chi connectivity index (χ2v) is 7.15. The quantitative estimate of drug-likeness (QED) is 0.927. The zero-order valence-electron chi connectivity index (χ0n) is 14.9. The number of fused-ring (bicyclic) bond motifs is 1. The summed E-state index contributed by atoms with van der Waals surface area (Å²) in [6.45, 7) is 7.32. The Kier molecular flexibility index (Phi) is 4.49. The summed E-state index contributed by atoms with van der Waals surface area (Å²) in [4.78, 5) is 32.2. The maximum Gasteiger partial charge on any atom is 0.274 e. The first-order valence-corrected chi connectivity index (χ1v) is 8.54. The van der Waals surface area contributed by atoms with Gasteiger partial charge in [0.1, 0.15) is 5.52 Å². The van der Waals surface area contributed by atoms with Crippen LogP contribution in [0.4, 0.5) is 0 Å². The van der Waals surface area contributed by atoms with E-state index in [-0.39, 0.29) is 11.5 Å². The Hall–Kier alpha value is -2.08. The number of pyridine rings is 1. The van der Waals surface area contributed by atoms with E-state index >= 15 is 0 Å². The molecule has 0 bridgehead atoms. The van der Waals surface area contributed by atoms with Crippen molar-refractivity contribution in [3.8, 4) is 0 Å². The van der Waals surface area contributed by atoms with Gasteiger partial charge in [-0.3, -0.25) is 9.59 Å². The van der Waals surface area contributed by atoms with E-state index in [9.17, 15) is 9.59 Å². The van der Waals surface area contributed by atoms with Crippen molar-refractivity contribution >= 4 is 16.8 Å². The Labute approximate surface area is 142 Å². The van der Waals surface area contributed by atoms with E-state index in [0.717, 1.165) is 26.1 Å². The number of amides is 1. The van der Waals surface area contributed by atoms with Crippen LogP contribution in [0, 0.1) is 5.92 Å². The molecule has 2 aromatic heterocycles. The number of nitrogens with one attached hydrogen (secondary N) is 1. The fourth-order valence-corrected chi connectivity index (χ4v) is 3.60. The van der Waals surface area contributed by atoms with Gasteiger partial charge in [-0.05, 0) is 38.8 Å². The lowest BCUT2D eigenvalue weighted by Crippen LogP contribution is -2.35. The molecule has 24 heavy (non-hydrogen) atoms. The van der Waals surface area contributed by atoms with E-state index in [1.54, 1.807) is 30.4 Å². The lowest BCUT2D eigenvalue weighted by molar-refractivity contribution is 0.0773. The molecule has 3 rings (SSSR count). The molecule has 1 saturated heterocycles. The number of hydrogen-bond donors (Lipinski definition) is 1. The molecule has 6 nitrogen and oxygen atoms in total. The highest BCUT2D eigenvalue weighted by Gasteiger charge is 2.27. The third-order valence-corrected chi connectivity index (χ3v) is 5.05. The monoisotopic (exact) mass is 330 g/mol. The zero-order valence-corrected chi connectivity index (χ0v) is 14.9. The van der Waals surface area contributed by atoms with Gasteiger partial charge in [0.2, 0.25) is 0 Å². The molecule has 0 saturated carbocycles. The highest BCUT2D eigenvalue weighted by atomic mass is 16.2. The van der Waals surface area contributed by atoms with Crippen LogP contribution >= 0.6 is 0 Å². The average molecular weight is 330 g/mol. The second-order valence-electron chi connectivity index (χ2n) is 7.15. The van der Waals surface area contributed by atoms with Gasteiger partial charge in [-0.15, -0.1) is 0 Å². The molecule has 0 radical (unpaired) electrons. The summed E-state index contributed by atoms with van der Waals surface area (Å²) in [5.74, 6) is 0.480. The summed E-state index contributed by atoms with van der Waals surface area (Å²) in [5, 5.41) is 0.699. The van der Waals surface area contributed by atoms with Crippen LogP contribution in [0.5, 0.6) is 0 Å². The number of carbonyl (C=O) groups is 1. The Morgan fingerprint density at radius 2 is 2.21 bits per heavy atom. The summed E-state index contributed by atoms with van der Waals surface area (Å²) in [6, 6.07) is 2.35. The molecule has 1 aliphatic rings. The maximum atomic E-state index is 12.9. The number of aryl methyl sites for hydroxylation is 1. The van der Waals surface area contributed by atoms with E-state index in [1.807, 2.05) is 7.05 Å². The minimum absolute atomic E-state index is 0.0294. The smallest absolute Gasteiger partial charge is 0.274 e. The molecule has 6 heteroatoms. The number of carbonyl (C=O) groups excluding carboxylic acids is 1. The van der Waals surface area contributed by atoms with E-state index in [4.69, 9.17) is 0 Å². The van der Waals surface area contributed by atoms with E-state index < -0.39 is 0 Å². The first-order valence-electron chi connectivity index (χ1n) is 8.54. The van der Waals surface area contributed by atoms with Crippen LogP contribution in [-0.2, 0) is 7.05 Å². The standard InChI is InChI=1S/C18H26N4O2/c1-12(2)22-8-6-13(10-22)9-20(3)17(23)15-11-21(4)18(24)16-14(15)5-7-19-16/h5,7,11-13,19H,6,8-10H2,1-4H3. The number of rotatable bonds is 4. The number of hydrogen-bond acceptors (Lipinski definition) is 3. The molecule has 0 spiro atoms. The predicted molar refractivity (Wildman–Crippen MR) is 95.3 cm³/mol. The first-order chi connectivity index (χ1) is 11.4. The van der Waals surface area contributed by atoms with Gasteiger partial charge in [0, 0.05) is 51.0 Å². The van der Waals surface area contributed by atoms with Crippen LogP contribution < -0.4 is 5.56 Å². The Balaban J connectivity index is 1.78. The fraction of sp³-hybridized carbons (Fsp3) is 0.556. The Morgan fingerprint density at radius 3 is 2.88 bits per heavy atom. The van der Waals surface area contributed by atoms with Crippen molar-refractivity contribution in [3.05, 3.63) is 34.4 Å². The molecule has 1 amide bonds. The predicted octanol–water partition coefficient (Wildman–Crippen LogP) is 1.67. The van der Waals surface area contributed by atoms with Gasteiger partial charge in [0.05, 0.1) is 5.56 Å². The van der Waals surface area contributed by atoms with Crippen molar-refractivity contribution in [2.75, 3.05) is 26.7 Å². The minimum atomic E-state index is -0.113. The van der Waals surface area contributed by atoms with Gasteiger partial charge in [0.25, 0.3) is 11.5 Å². The highest BCUT2D eigenvalue weighted by Crippen LogP contribution is 2.21. The minimum Gasteiger partial charge on any atom is -0.357 e. The van der Waals surface area contributed by atoms with Crippen molar-refractivity contribution in [3.63, 3.8) is 0 Å². The molecule has 1 aliphatic heterocycles. The summed E-state index contributed by atoms with van der Waals surface area (Å²) in [6.07, 6.45) is 4.48. The number of nitrogens with zero attached hydrogens (tertiary/aromatic N) is 3. The molecule has 130 valence electrons. The lowest BCUT2D eigenvalue weighted by atomic mass is 10.1. The van der Waals surface area contributed by atoms with Crippen LogP contribution in [0.25, 0.3) is 10.9 Å². The van der Waals surface area contributed by atoms with Crippen molar-refractivity contribution in [1.82, 2.24) is 19.4 Å².